The molecule has 0 atom stereocenters. The summed E-state index contributed by atoms with van der Waals surface area (Å²) in [5, 5.41) is 2.61. The number of rotatable bonds is 7. The van der Waals surface area contributed by atoms with Crippen LogP contribution >= 0.6 is 11.3 Å². The van der Waals surface area contributed by atoms with Crippen molar-refractivity contribution in [3.8, 4) is 78.4 Å². The number of pyridine rings is 1. The second-order valence-corrected chi connectivity index (χ2v) is 14.8. The van der Waals surface area contributed by atoms with Crippen LogP contribution in [-0.4, -0.2) is 15.0 Å². The fourth-order valence-corrected chi connectivity index (χ4v) is 8.39. The van der Waals surface area contributed by atoms with Crippen molar-refractivity contribution in [3.05, 3.63) is 200 Å². The molecule has 0 aliphatic carbocycles. The predicted octanol–water partition coefficient (Wildman–Crippen LogP) is 13.9. The summed E-state index contributed by atoms with van der Waals surface area (Å²) in [6.07, 6.45) is 3.68. The van der Waals surface area contributed by atoms with Crippen molar-refractivity contribution in [2.45, 2.75) is 0 Å². The smallest absolute Gasteiger partial charge is 0.160 e. The molecule has 0 aliphatic rings. The number of benzene rings is 7. The summed E-state index contributed by atoms with van der Waals surface area (Å²) >= 11 is 1.85. The van der Waals surface area contributed by atoms with Gasteiger partial charge in [0.15, 0.2) is 5.82 Å². The standard InChI is InChI=1S/C51H33N3S/c1-2-8-34(9-3-1)35-15-17-36(18-16-35)37-19-23-39(24-20-37)47-32-48(54-51(53-47)43-11-6-10-41(30-43)44-12-7-29-52-33-44)40-25-21-38(22-26-40)42-27-28-50-46(31-42)45-13-4-5-14-49(45)55-50/h1-33H. The average molecular weight is 720 g/mol. The van der Waals surface area contributed by atoms with Crippen molar-refractivity contribution < 1.29 is 0 Å². The molecule has 7 aromatic carbocycles. The van der Waals surface area contributed by atoms with Gasteiger partial charge in [-0.25, -0.2) is 9.97 Å². The molecule has 0 aliphatic heterocycles. The lowest BCUT2D eigenvalue weighted by atomic mass is 9.98. The van der Waals surface area contributed by atoms with Crippen LogP contribution in [0.4, 0.5) is 0 Å². The summed E-state index contributed by atoms with van der Waals surface area (Å²) in [7, 11) is 0. The van der Waals surface area contributed by atoms with Crippen molar-refractivity contribution in [2.75, 3.05) is 0 Å². The molecule has 0 spiro atoms. The van der Waals surface area contributed by atoms with E-state index in [1.54, 1.807) is 6.20 Å². The average Bonchev–Trinajstić information content (AvgIpc) is 3.65. The van der Waals surface area contributed by atoms with Gasteiger partial charge in [0.25, 0.3) is 0 Å². The first-order valence-corrected chi connectivity index (χ1v) is 19.2. The Morgan fingerprint density at radius 2 is 0.800 bits per heavy atom. The number of nitrogens with zero attached hydrogens (tertiary/aromatic N) is 3. The Kier molecular flexibility index (Phi) is 8.36. The maximum Gasteiger partial charge on any atom is 0.160 e. The van der Waals surface area contributed by atoms with Gasteiger partial charge >= 0.3 is 0 Å². The fraction of sp³-hybridized carbons (Fsp3) is 0. The molecule has 55 heavy (non-hydrogen) atoms. The first kappa shape index (κ1) is 32.6. The predicted molar refractivity (Wildman–Crippen MR) is 231 cm³/mol. The Bertz CT molecular complexity index is 2930. The van der Waals surface area contributed by atoms with E-state index < -0.39 is 0 Å². The number of hydrogen-bond donors (Lipinski definition) is 0. The molecule has 0 unspecified atom stereocenters. The van der Waals surface area contributed by atoms with E-state index in [1.807, 2.05) is 29.7 Å². The molecule has 0 amide bonds. The lowest BCUT2D eigenvalue weighted by molar-refractivity contribution is 1.18. The van der Waals surface area contributed by atoms with Crippen LogP contribution in [0.15, 0.2) is 200 Å². The fourth-order valence-electron chi connectivity index (χ4n) is 7.30. The monoisotopic (exact) mass is 719 g/mol. The molecule has 0 saturated carbocycles. The molecule has 258 valence electrons. The summed E-state index contributed by atoms with van der Waals surface area (Å²) in [4.78, 5) is 14.7. The van der Waals surface area contributed by atoms with Crippen LogP contribution in [-0.2, 0) is 0 Å². The number of fused-ring (bicyclic) bond motifs is 3. The highest BCUT2D eigenvalue weighted by Gasteiger charge is 2.13. The molecule has 3 heterocycles. The van der Waals surface area contributed by atoms with Crippen LogP contribution in [0.25, 0.3) is 98.6 Å². The van der Waals surface area contributed by atoms with Gasteiger partial charge in [0.1, 0.15) is 0 Å². The number of thiophene rings is 1. The molecular formula is C51H33N3S. The van der Waals surface area contributed by atoms with Gasteiger partial charge in [-0.3, -0.25) is 4.98 Å². The maximum absolute atomic E-state index is 5.18. The van der Waals surface area contributed by atoms with E-state index in [9.17, 15) is 0 Å². The summed E-state index contributed by atoms with van der Waals surface area (Å²) in [6, 6.07) is 66.7. The minimum Gasteiger partial charge on any atom is -0.264 e. The number of aromatic nitrogens is 3. The largest absolute Gasteiger partial charge is 0.264 e. The zero-order valence-electron chi connectivity index (χ0n) is 29.8. The summed E-state index contributed by atoms with van der Waals surface area (Å²) in [5.74, 6) is 0.678. The van der Waals surface area contributed by atoms with Crippen molar-refractivity contribution >= 4 is 31.5 Å². The van der Waals surface area contributed by atoms with Gasteiger partial charge < -0.3 is 0 Å². The highest BCUT2D eigenvalue weighted by molar-refractivity contribution is 7.25. The highest BCUT2D eigenvalue weighted by Crippen LogP contribution is 2.37. The van der Waals surface area contributed by atoms with Gasteiger partial charge in [-0.2, -0.15) is 0 Å². The lowest BCUT2D eigenvalue weighted by Gasteiger charge is -2.12. The van der Waals surface area contributed by atoms with Crippen LogP contribution in [0.3, 0.4) is 0 Å². The van der Waals surface area contributed by atoms with Crippen molar-refractivity contribution in [1.82, 2.24) is 15.0 Å². The molecule has 0 radical (unpaired) electrons. The van der Waals surface area contributed by atoms with E-state index in [-0.39, 0.29) is 0 Å². The molecule has 0 saturated heterocycles. The summed E-state index contributed by atoms with van der Waals surface area (Å²) in [5.41, 5.74) is 14.0. The summed E-state index contributed by atoms with van der Waals surface area (Å²) in [6.45, 7) is 0. The molecule has 0 fully saturated rings. The quantitative estimate of drug-likeness (QED) is 0.165. The van der Waals surface area contributed by atoms with Gasteiger partial charge in [-0.1, -0.05) is 152 Å². The minimum absolute atomic E-state index is 0.678. The molecule has 3 nitrogen and oxygen atoms in total. The Balaban J connectivity index is 1.01. The number of hydrogen-bond acceptors (Lipinski definition) is 4. The van der Waals surface area contributed by atoms with E-state index in [1.165, 1.54) is 48.0 Å². The Morgan fingerprint density at radius 3 is 1.45 bits per heavy atom. The molecular weight excluding hydrogens is 687 g/mol. The third-order valence-corrected chi connectivity index (χ3v) is 11.4. The van der Waals surface area contributed by atoms with Crippen LogP contribution < -0.4 is 0 Å². The first-order chi connectivity index (χ1) is 27.2. The SMILES string of the molecule is c1ccc(-c2ccc(-c3ccc(-c4cc(-c5ccc(-c6ccc7sc8ccccc8c7c6)cc5)nc(-c5cccc(-c6cccnc6)c5)n4)cc3)cc2)cc1. The zero-order valence-corrected chi connectivity index (χ0v) is 30.6. The van der Waals surface area contributed by atoms with Gasteiger partial charge in [-0.05, 0) is 75.3 Å². The molecule has 10 aromatic rings. The highest BCUT2D eigenvalue weighted by atomic mass is 32.1. The normalized spacial score (nSPS) is 11.3. The second kappa shape index (κ2) is 14.1. The van der Waals surface area contributed by atoms with E-state index in [0.29, 0.717) is 5.82 Å². The van der Waals surface area contributed by atoms with Gasteiger partial charge in [0.2, 0.25) is 0 Å². The van der Waals surface area contributed by atoms with Crippen molar-refractivity contribution in [2.24, 2.45) is 0 Å². The Hall–Kier alpha value is -7.01. The Morgan fingerprint density at radius 1 is 0.309 bits per heavy atom. The summed E-state index contributed by atoms with van der Waals surface area (Å²) < 4.78 is 2.63. The van der Waals surface area contributed by atoms with Crippen molar-refractivity contribution in [1.29, 1.82) is 0 Å². The van der Waals surface area contributed by atoms with E-state index in [0.717, 1.165) is 44.8 Å². The molecule has 0 N–H and O–H groups in total. The van der Waals surface area contributed by atoms with Gasteiger partial charge in [0.05, 0.1) is 11.4 Å². The lowest BCUT2D eigenvalue weighted by Crippen LogP contribution is -1.96. The van der Waals surface area contributed by atoms with E-state index in [4.69, 9.17) is 9.97 Å². The molecule has 10 rings (SSSR count). The van der Waals surface area contributed by atoms with E-state index in [2.05, 4.69) is 181 Å². The van der Waals surface area contributed by atoms with Gasteiger partial charge in [0, 0.05) is 54.8 Å². The van der Waals surface area contributed by atoms with E-state index >= 15 is 0 Å². The van der Waals surface area contributed by atoms with Crippen LogP contribution in [0.5, 0.6) is 0 Å². The second-order valence-electron chi connectivity index (χ2n) is 13.7. The third kappa shape index (κ3) is 6.50. The van der Waals surface area contributed by atoms with Gasteiger partial charge in [-0.15, -0.1) is 11.3 Å². The maximum atomic E-state index is 5.18. The topological polar surface area (TPSA) is 38.7 Å². The first-order valence-electron chi connectivity index (χ1n) is 18.4. The Labute approximate surface area is 323 Å². The van der Waals surface area contributed by atoms with Crippen LogP contribution in [0.2, 0.25) is 0 Å². The van der Waals surface area contributed by atoms with Crippen LogP contribution in [0, 0.1) is 0 Å². The van der Waals surface area contributed by atoms with Crippen LogP contribution in [0.1, 0.15) is 0 Å². The van der Waals surface area contributed by atoms with Crippen molar-refractivity contribution in [3.63, 3.8) is 0 Å². The minimum atomic E-state index is 0.678. The zero-order chi connectivity index (χ0) is 36.6. The third-order valence-electron chi connectivity index (χ3n) is 10.2. The molecule has 3 aromatic heterocycles. The molecule has 4 heteroatoms. The molecule has 0 bridgehead atoms.